The zero-order chi connectivity index (χ0) is 19.6. The molecule has 4 heterocycles. The number of hydrogen-bond donors (Lipinski definition) is 0. The number of aliphatic imine (C=N–C) groups is 1. The molecular formula is C20H17N5O3. The average molecular weight is 375 g/mol. The first-order valence-electron chi connectivity index (χ1n) is 8.87. The third-order valence-electron chi connectivity index (χ3n) is 5.46. The number of benzene rings is 2. The summed E-state index contributed by atoms with van der Waals surface area (Å²) in [6.45, 7) is 0. The predicted molar refractivity (Wildman–Crippen MR) is 102 cm³/mol. The van der Waals surface area contributed by atoms with Crippen molar-refractivity contribution < 1.29 is 4.79 Å². The number of carbonyl (C=O) groups is 1. The SMILES string of the molecule is CN1C(=O)[C@]2(c3ccccc3)N=C(c3ccccc3)[C@H]1n1c(=O)n(C)c(=O)n12. The zero-order valence-corrected chi connectivity index (χ0v) is 15.3. The van der Waals surface area contributed by atoms with Gasteiger partial charge >= 0.3 is 11.4 Å². The molecule has 28 heavy (non-hydrogen) atoms. The lowest BCUT2D eigenvalue weighted by molar-refractivity contribution is -0.147. The van der Waals surface area contributed by atoms with Crippen LogP contribution in [-0.2, 0) is 17.5 Å². The summed E-state index contributed by atoms with van der Waals surface area (Å²) >= 11 is 0. The number of likely N-dealkylation sites (N-methyl/N-ethyl adjacent to an activating group) is 1. The summed E-state index contributed by atoms with van der Waals surface area (Å²) < 4.78 is 3.55. The molecular weight excluding hydrogens is 358 g/mol. The van der Waals surface area contributed by atoms with Crippen LogP contribution in [0.5, 0.6) is 0 Å². The van der Waals surface area contributed by atoms with Crippen LogP contribution in [0.1, 0.15) is 17.3 Å². The molecule has 8 heteroatoms. The Morgan fingerprint density at radius 1 is 0.857 bits per heavy atom. The Labute approximate surface area is 159 Å². The fraction of sp³-hybridized carbons (Fsp3) is 0.200. The molecule has 6 rings (SSSR count). The van der Waals surface area contributed by atoms with Gasteiger partial charge in [0.1, 0.15) is 0 Å². The van der Waals surface area contributed by atoms with Gasteiger partial charge in [0.2, 0.25) is 0 Å². The zero-order valence-electron chi connectivity index (χ0n) is 15.3. The number of aromatic nitrogens is 3. The van der Waals surface area contributed by atoms with Gasteiger partial charge in [0.25, 0.3) is 11.6 Å². The molecule has 1 amide bonds. The van der Waals surface area contributed by atoms with Crippen molar-refractivity contribution in [1.29, 1.82) is 0 Å². The van der Waals surface area contributed by atoms with Crippen LogP contribution in [0.25, 0.3) is 0 Å². The second kappa shape index (κ2) is 5.41. The molecule has 1 aromatic heterocycles. The highest BCUT2D eigenvalue weighted by atomic mass is 16.2. The largest absolute Gasteiger partial charge is 0.350 e. The minimum absolute atomic E-state index is 0.351. The first-order chi connectivity index (χ1) is 13.5. The lowest BCUT2D eigenvalue weighted by atomic mass is 9.91. The summed E-state index contributed by atoms with van der Waals surface area (Å²) in [5.74, 6) is -0.351. The lowest BCUT2D eigenvalue weighted by Gasteiger charge is -2.48. The van der Waals surface area contributed by atoms with Crippen LogP contribution in [0, 0.1) is 0 Å². The molecule has 0 spiro atoms. The molecule has 2 atom stereocenters. The van der Waals surface area contributed by atoms with Crippen LogP contribution in [0.4, 0.5) is 0 Å². The van der Waals surface area contributed by atoms with Gasteiger partial charge in [-0.05, 0) is 5.56 Å². The van der Waals surface area contributed by atoms with Crippen molar-refractivity contribution in [3.8, 4) is 0 Å². The van der Waals surface area contributed by atoms with Crippen molar-refractivity contribution in [2.24, 2.45) is 12.0 Å². The quantitative estimate of drug-likeness (QED) is 0.655. The van der Waals surface area contributed by atoms with E-state index in [0.717, 1.165) is 10.1 Å². The third kappa shape index (κ3) is 1.79. The smallest absolute Gasteiger partial charge is 0.314 e. The van der Waals surface area contributed by atoms with Gasteiger partial charge in [-0.1, -0.05) is 60.7 Å². The van der Waals surface area contributed by atoms with Gasteiger partial charge in [-0.3, -0.25) is 4.79 Å². The fourth-order valence-electron chi connectivity index (χ4n) is 4.11. The molecule has 3 aromatic rings. The number of nitrogens with zero attached hydrogens (tertiary/aromatic N) is 5. The molecule has 0 saturated carbocycles. The van der Waals surface area contributed by atoms with E-state index >= 15 is 0 Å². The van der Waals surface area contributed by atoms with Crippen LogP contribution >= 0.6 is 0 Å². The first-order valence-corrected chi connectivity index (χ1v) is 8.87. The monoisotopic (exact) mass is 375 g/mol. The maximum Gasteiger partial charge on any atom is 0.350 e. The van der Waals surface area contributed by atoms with Crippen molar-refractivity contribution in [2.75, 3.05) is 7.05 Å². The Hall–Kier alpha value is -3.68. The maximum atomic E-state index is 13.5. The molecule has 3 aliphatic rings. The fourth-order valence-corrected chi connectivity index (χ4v) is 4.11. The van der Waals surface area contributed by atoms with E-state index in [0.29, 0.717) is 11.3 Å². The summed E-state index contributed by atoms with van der Waals surface area (Å²) in [5.41, 5.74) is -0.831. The van der Waals surface area contributed by atoms with Gasteiger partial charge < -0.3 is 4.90 Å². The second-order valence-corrected chi connectivity index (χ2v) is 6.97. The molecule has 0 saturated heterocycles. The first kappa shape index (κ1) is 16.5. The molecule has 0 N–H and O–H groups in total. The highest BCUT2D eigenvalue weighted by Gasteiger charge is 2.59. The molecule has 0 aliphatic carbocycles. The van der Waals surface area contributed by atoms with Gasteiger partial charge in [-0.25, -0.2) is 19.1 Å². The standard InChI is InChI=1S/C20H17N5O3/c1-22-16-15(13-9-5-3-6-10-13)21-20(17(22)26,14-11-7-4-8-12-14)25-19(28)23(2)18(27)24(16)25/h3-12,16H,1-2H3/t16-,20-/m1/s1. The van der Waals surface area contributed by atoms with Crippen molar-refractivity contribution in [2.45, 2.75) is 11.8 Å². The molecule has 8 nitrogen and oxygen atoms in total. The molecule has 0 radical (unpaired) electrons. The number of carbonyl (C=O) groups excluding carboxylic acids is 1. The summed E-state index contributed by atoms with van der Waals surface area (Å²) in [7, 11) is 3.05. The van der Waals surface area contributed by atoms with E-state index in [1.165, 1.54) is 21.3 Å². The Balaban J connectivity index is 1.96. The average Bonchev–Trinajstić information content (AvgIpc) is 2.97. The number of hydrogen-bond acceptors (Lipinski definition) is 4. The summed E-state index contributed by atoms with van der Waals surface area (Å²) in [5, 5.41) is 0. The predicted octanol–water partition coefficient (Wildman–Crippen LogP) is 0.523. The van der Waals surface area contributed by atoms with Crippen LogP contribution in [0.3, 0.4) is 0 Å². The third-order valence-corrected chi connectivity index (χ3v) is 5.46. The summed E-state index contributed by atoms with van der Waals surface area (Å²) in [4.78, 5) is 45.7. The van der Waals surface area contributed by atoms with E-state index in [-0.39, 0.29) is 5.91 Å². The molecule has 0 fully saturated rings. The van der Waals surface area contributed by atoms with Crippen molar-refractivity contribution in [3.05, 3.63) is 92.8 Å². The van der Waals surface area contributed by atoms with E-state index in [1.807, 2.05) is 36.4 Å². The van der Waals surface area contributed by atoms with E-state index in [1.54, 1.807) is 31.3 Å². The van der Waals surface area contributed by atoms with Gasteiger partial charge in [-0.15, -0.1) is 0 Å². The summed E-state index contributed by atoms with van der Waals surface area (Å²) in [6, 6.07) is 18.3. The van der Waals surface area contributed by atoms with E-state index in [2.05, 4.69) is 0 Å². The maximum absolute atomic E-state index is 13.5. The summed E-state index contributed by atoms with van der Waals surface area (Å²) in [6.07, 6.45) is -0.790. The Bertz CT molecular complexity index is 1250. The minimum Gasteiger partial charge on any atom is -0.314 e. The van der Waals surface area contributed by atoms with Gasteiger partial charge in [0.15, 0.2) is 6.17 Å². The Morgan fingerprint density at radius 3 is 2.11 bits per heavy atom. The topological polar surface area (TPSA) is 81.6 Å². The van der Waals surface area contributed by atoms with Crippen LogP contribution in [-0.4, -0.2) is 37.5 Å². The van der Waals surface area contributed by atoms with Crippen LogP contribution in [0.15, 0.2) is 75.2 Å². The molecule has 0 unspecified atom stereocenters. The Morgan fingerprint density at radius 2 is 1.46 bits per heavy atom. The van der Waals surface area contributed by atoms with E-state index < -0.39 is 23.2 Å². The van der Waals surface area contributed by atoms with Crippen LogP contribution < -0.4 is 11.4 Å². The van der Waals surface area contributed by atoms with Gasteiger partial charge in [0, 0.05) is 19.7 Å². The van der Waals surface area contributed by atoms with Crippen LogP contribution in [0.2, 0.25) is 0 Å². The minimum atomic E-state index is -1.66. The Kier molecular flexibility index (Phi) is 3.19. The van der Waals surface area contributed by atoms with Gasteiger partial charge in [0.05, 0.1) is 5.71 Å². The normalized spacial score (nSPS) is 22.9. The molecule has 2 aromatic carbocycles. The highest BCUT2D eigenvalue weighted by Crippen LogP contribution is 2.41. The molecule has 140 valence electrons. The molecule has 2 bridgehead atoms. The lowest BCUT2D eigenvalue weighted by Crippen LogP contribution is -2.67. The van der Waals surface area contributed by atoms with Crippen molar-refractivity contribution >= 4 is 11.6 Å². The van der Waals surface area contributed by atoms with Gasteiger partial charge in [-0.2, -0.15) is 9.36 Å². The number of rotatable bonds is 2. The van der Waals surface area contributed by atoms with Crippen molar-refractivity contribution in [1.82, 2.24) is 18.8 Å². The number of fused-ring (bicyclic) bond motifs is 1. The van der Waals surface area contributed by atoms with Crippen molar-refractivity contribution in [3.63, 3.8) is 0 Å². The highest BCUT2D eigenvalue weighted by molar-refractivity contribution is 6.10. The molecule has 3 aliphatic heterocycles. The van der Waals surface area contributed by atoms with E-state index in [4.69, 9.17) is 4.99 Å². The number of amides is 1. The second-order valence-electron chi connectivity index (χ2n) is 6.97. The van der Waals surface area contributed by atoms with E-state index in [9.17, 15) is 14.4 Å².